The Morgan fingerprint density at radius 1 is 1.30 bits per heavy atom. The van der Waals surface area contributed by atoms with Gasteiger partial charge in [0.1, 0.15) is 5.03 Å². The monoisotopic (exact) mass is 306 g/mol. The summed E-state index contributed by atoms with van der Waals surface area (Å²) in [6, 6.07) is 12.4. The molecule has 0 saturated carbocycles. The van der Waals surface area contributed by atoms with Gasteiger partial charge in [0.2, 0.25) is 0 Å². The number of nitrogens with zero attached hydrogens (tertiary/aromatic N) is 1. The molecule has 4 heteroatoms. The second-order valence-electron chi connectivity index (χ2n) is 4.64. The first-order valence-corrected chi connectivity index (χ1v) is 8.02. The highest BCUT2D eigenvalue weighted by molar-refractivity contribution is 7.99. The highest BCUT2D eigenvalue weighted by Crippen LogP contribution is 2.32. The smallest absolute Gasteiger partial charge is 0.101 e. The Morgan fingerprint density at radius 2 is 2.10 bits per heavy atom. The number of hydrogen-bond donors (Lipinski definition) is 1. The lowest BCUT2D eigenvalue weighted by molar-refractivity contribution is 0.569. The van der Waals surface area contributed by atoms with Gasteiger partial charge in [-0.15, -0.1) is 0 Å². The van der Waals surface area contributed by atoms with E-state index >= 15 is 0 Å². The van der Waals surface area contributed by atoms with Crippen molar-refractivity contribution in [2.75, 3.05) is 6.54 Å². The van der Waals surface area contributed by atoms with Crippen molar-refractivity contribution in [2.45, 2.75) is 36.2 Å². The van der Waals surface area contributed by atoms with Gasteiger partial charge in [-0.1, -0.05) is 42.4 Å². The van der Waals surface area contributed by atoms with Crippen molar-refractivity contribution in [3.8, 4) is 0 Å². The summed E-state index contributed by atoms with van der Waals surface area (Å²) >= 11 is 7.78. The molecule has 0 amide bonds. The van der Waals surface area contributed by atoms with E-state index in [9.17, 15) is 0 Å². The summed E-state index contributed by atoms with van der Waals surface area (Å²) in [5.74, 6) is 0. The van der Waals surface area contributed by atoms with E-state index in [0.29, 0.717) is 6.04 Å². The minimum absolute atomic E-state index is 0.337. The first-order valence-electron chi connectivity index (χ1n) is 6.82. The van der Waals surface area contributed by atoms with Gasteiger partial charge in [-0.05, 0) is 49.7 Å². The summed E-state index contributed by atoms with van der Waals surface area (Å²) in [6.07, 6.45) is 3.00. The van der Waals surface area contributed by atoms with Gasteiger partial charge in [0.15, 0.2) is 0 Å². The second kappa shape index (κ2) is 7.67. The van der Waals surface area contributed by atoms with Gasteiger partial charge in [-0.25, -0.2) is 4.98 Å². The molecular weight excluding hydrogens is 288 g/mol. The molecule has 1 unspecified atom stereocenters. The number of halogens is 1. The van der Waals surface area contributed by atoms with E-state index in [-0.39, 0.29) is 0 Å². The topological polar surface area (TPSA) is 24.9 Å². The Hall–Kier alpha value is -1.03. The maximum absolute atomic E-state index is 6.18. The molecule has 106 valence electrons. The fourth-order valence-corrected chi connectivity index (χ4v) is 2.97. The van der Waals surface area contributed by atoms with Gasteiger partial charge in [0.25, 0.3) is 0 Å². The molecule has 0 aliphatic heterocycles. The molecule has 1 atom stereocenters. The van der Waals surface area contributed by atoms with Crippen LogP contribution < -0.4 is 5.32 Å². The number of hydrogen-bond acceptors (Lipinski definition) is 3. The lowest BCUT2D eigenvalue weighted by Gasteiger charge is -2.14. The van der Waals surface area contributed by atoms with E-state index in [4.69, 9.17) is 11.6 Å². The Kier molecular flexibility index (Phi) is 5.89. The van der Waals surface area contributed by atoms with Crippen LogP contribution in [-0.4, -0.2) is 11.5 Å². The zero-order chi connectivity index (χ0) is 14.4. The standard InChI is InChI=1S/C16H19ClN2S/c1-3-9-18-12(2)13-8-10-19-16(11-13)20-15-7-5-4-6-14(15)17/h4-8,10-12,18H,3,9H2,1-2H3. The van der Waals surface area contributed by atoms with Crippen molar-refractivity contribution in [2.24, 2.45) is 0 Å². The Bertz CT molecular complexity index is 560. The fourth-order valence-electron chi connectivity index (χ4n) is 1.87. The van der Waals surface area contributed by atoms with Crippen LogP contribution in [0.3, 0.4) is 0 Å². The lowest BCUT2D eigenvalue weighted by Crippen LogP contribution is -2.19. The van der Waals surface area contributed by atoms with Gasteiger partial charge < -0.3 is 5.32 Å². The molecule has 20 heavy (non-hydrogen) atoms. The summed E-state index contributed by atoms with van der Waals surface area (Å²) in [5, 5.41) is 5.23. The van der Waals surface area contributed by atoms with Crippen molar-refractivity contribution in [1.82, 2.24) is 10.3 Å². The largest absolute Gasteiger partial charge is 0.310 e. The number of nitrogens with one attached hydrogen (secondary N) is 1. The molecule has 1 heterocycles. The Balaban J connectivity index is 2.12. The summed E-state index contributed by atoms with van der Waals surface area (Å²) < 4.78 is 0. The maximum atomic E-state index is 6.18. The van der Waals surface area contributed by atoms with E-state index < -0.39 is 0 Å². The summed E-state index contributed by atoms with van der Waals surface area (Å²) in [6.45, 7) is 5.37. The zero-order valence-corrected chi connectivity index (χ0v) is 13.3. The minimum Gasteiger partial charge on any atom is -0.310 e. The quantitative estimate of drug-likeness (QED) is 0.817. The molecule has 0 aliphatic carbocycles. The van der Waals surface area contributed by atoms with Crippen molar-refractivity contribution < 1.29 is 0 Å². The zero-order valence-electron chi connectivity index (χ0n) is 11.8. The molecule has 1 aromatic heterocycles. The Morgan fingerprint density at radius 3 is 2.85 bits per heavy atom. The average Bonchev–Trinajstić information content (AvgIpc) is 2.47. The number of benzene rings is 1. The van der Waals surface area contributed by atoms with Crippen molar-refractivity contribution in [3.05, 3.63) is 53.2 Å². The second-order valence-corrected chi connectivity index (χ2v) is 6.11. The van der Waals surface area contributed by atoms with Gasteiger partial charge in [-0.3, -0.25) is 0 Å². The highest BCUT2D eigenvalue weighted by Gasteiger charge is 2.07. The molecule has 2 nitrogen and oxygen atoms in total. The van der Waals surface area contributed by atoms with Gasteiger partial charge in [0, 0.05) is 17.1 Å². The van der Waals surface area contributed by atoms with Crippen LogP contribution in [0.2, 0.25) is 5.02 Å². The Labute approximate surface area is 130 Å². The highest BCUT2D eigenvalue weighted by atomic mass is 35.5. The van der Waals surface area contributed by atoms with E-state index in [2.05, 4.69) is 36.3 Å². The van der Waals surface area contributed by atoms with E-state index in [1.807, 2.05) is 30.5 Å². The van der Waals surface area contributed by atoms with Crippen LogP contribution in [-0.2, 0) is 0 Å². The van der Waals surface area contributed by atoms with Crippen LogP contribution in [0, 0.1) is 0 Å². The number of rotatable bonds is 6. The lowest BCUT2D eigenvalue weighted by atomic mass is 10.1. The molecule has 2 rings (SSSR count). The van der Waals surface area contributed by atoms with E-state index in [0.717, 1.165) is 27.9 Å². The van der Waals surface area contributed by atoms with Gasteiger partial charge in [-0.2, -0.15) is 0 Å². The first kappa shape index (κ1) is 15.4. The minimum atomic E-state index is 0.337. The van der Waals surface area contributed by atoms with Crippen molar-refractivity contribution >= 4 is 23.4 Å². The first-order chi connectivity index (χ1) is 9.70. The van der Waals surface area contributed by atoms with Gasteiger partial charge in [0.05, 0.1) is 5.02 Å². The predicted molar refractivity (Wildman–Crippen MR) is 86.5 cm³/mol. The normalized spacial score (nSPS) is 12.3. The molecule has 0 radical (unpaired) electrons. The number of aromatic nitrogens is 1. The average molecular weight is 307 g/mol. The molecule has 1 aromatic carbocycles. The SMILES string of the molecule is CCCNC(C)c1ccnc(Sc2ccccc2Cl)c1. The molecule has 1 N–H and O–H groups in total. The van der Waals surface area contributed by atoms with Crippen LogP contribution in [0.25, 0.3) is 0 Å². The summed E-state index contributed by atoms with van der Waals surface area (Å²) in [7, 11) is 0. The maximum Gasteiger partial charge on any atom is 0.101 e. The summed E-state index contributed by atoms with van der Waals surface area (Å²) in [5.41, 5.74) is 1.25. The molecule has 0 bridgehead atoms. The number of pyridine rings is 1. The van der Waals surface area contributed by atoms with Crippen LogP contribution in [0.1, 0.15) is 31.9 Å². The molecule has 0 spiro atoms. The predicted octanol–water partition coefficient (Wildman–Crippen LogP) is 4.95. The third-order valence-electron chi connectivity index (χ3n) is 3.01. The molecular formula is C16H19ClN2S. The molecule has 0 saturated heterocycles. The van der Waals surface area contributed by atoms with E-state index in [1.54, 1.807) is 11.8 Å². The molecule has 2 aromatic rings. The fraction of sp³-hybridized carbons (Fsp3) is 0.312. The van der Waals surface area contributed by atoms with Crippen LogP contribution >= 0.6 is 23.4 Å². The van der Waals surface area contributed by atoms with Crippen molar-refractivity contribution in [1.29, 1.82) is 0 Å². The van der Waals surface area contributed by atoms with Crippen LogP contribution in [0.5, 0.6) is 0 Å². The third-order valence-corrected chi connectivity index (χ3v) is 4.46. The molecule has 0 aliphatic rings. The van der Waals surface area contributed by atoms with Crippen LogP contribution in [0.15, 0.2) is 52.5 Å². The molecule has 0 fully saturated rings. The van der Waals surface area contributed by atoms with Gasteiger partial charge >= 0.3 is 0 Å². The third kappa shape index (κ3) is 4.23. The van der Waals surface area contributed by atoms with Crippen molar-refractivity contribution in [3.63, 3.8) is 0 Å². The van der Waals surface area contributed by atoms with E-state index in [1.165, 1.54) is 5.56 Å². The van der Waals surface area contributed by atoms with Crippen LogP contribution in [0.4, 0.5) is 0 Å². The summed E-state index contributed by atoms with van der Waals surface area (Å²) in [4.78, 5) is 5.45.